The lowest BCUT2D eigenvalue weighted by Gasteiger charge is -2.36. The van der Waals surface area contributed by atoms with E-state index in [0.717, 1.165) is 0 Å². The van der Waals surface area contributed by atoms with Gasteiger partial charge < -0.3 is 18.6 Å². The summed E-state index contributed by atoms with van der Waals surface area (Å²) in [5.74, 6) is 0.246. The van der Waals surface area contributed by atoms with Crippen molar-refractivity contribution >= 4 is 21.8 Å². The zero-order chi connectivity index (χ0) is 21.8. The molecule has 0 aromatic carbocycles. The second kappa shape index (κ2) is 9.25. The largest absolute Gasteiger partial charge is 0.459 e. The van der Waals surface area contributed by atoms with Gasteiger partial charge in [-0.05, 0) is 24.3 Å². The van der Waals surface area contributed by atoms with Crippen LogP contribution in [0.3, 0.4) is 0 Å². The van der Waals surface area contributed by atoms with Gasteiger partial charge in [-0.3, -0.25) is 14.5 Å². The maximum absolute atomic E-state index is 12.8. The Labute approximate surface area is 181 Å². The number of nitrogens with zero attached hydrogens (tertiary/aromatic N) is 4. The quantitative estimate of drug-likeness (QED) is 0.628. The molecule has 2 aliphatic heterocycles. The molecule has 0 radical (unpaired) electrons. The predicted octanol–water partition coefficient (Wildman–Crippen LogP) is 0.418. The maximum Gasteiger partial charge on any atom is 0.289 e. The van der Waals surface area contributed by atoms with Gasteiger partial charge in [0.25, 0.3) is 11.8 Å². The van der Waals surface area contributed by atoms with Gasteiger partial charge in [0.05, 0.1) is 18.3 Å². The Morgan fingerprint density at radius 1 is 0.774 bits per heavy atom. The lowest BCUT2D eigenvalue weighted by Crippen LogP contribution is -2.53. The van der Waals surface area contributed by atoms with Crippen molar-refractivity contribution in [1.29, 1.82) is 0 Å². The number of carbonyl (C=O) groups excluding carboxylic acids is 2. The summed E-state index contributed by atoms with van der Waals surface area (Å²) in [6, 6.07) is 6.58. The third kappa shape index (κ3) is 5.00. The molecule has 0 aliphatic carbocycles. The molecule has 2 aromatic heterocycles. The fourth-order valence-corrected chi connectivity index (χ4v) is 5.30. The Bertz CT molecular complexity index is 973. The van der Waals surface area contributed by atoms with Gasteiger partial charge in [0.15, 0.2) is 11.5 Å². The minimum atomic E-state index is -3.42. The second-order valence-corrected chi connectivity index (χ2v) is 9.68. The average Bonchev–Trinajstić information content (AvgIpc) is 3.52. The molecule has 2 fully saturated rings. The van der Waals surface area contributed by atoms with E-state index in [9.17, 15) is 18.0 Å². The first-order valence-electron chi connectivity index (χ1n) is 10.3. The fraction of sp³-hybridized carbons (Fsp3) is 0.500. The molecule has 31 heavy (non-hydrogen) atoms. The summed E-state index contributed by atoms with van der Waals surface area (Å²) in [6.07, 6.45) is 2.92. The number of sulfonamides is 1. The molecule has 0 saturated carbocycles. The lowest BCUT2D eigenvalue weighted by molar-refractivity contribution is 0.0612. The highest BCUT2D eigenvalue weighted by molar-refractivity contribution is 7.89. The molecule has 4 heterocycles. The Hall–Kier alpha value is -2.63. The van der Waals surface area contributed by atoms with E-state index >= 15 is 0 Å². The van der Waals surface area contributed by atoms with E-state index in [1.807, 2.05) is 0 Å². The summed E-state index contributed by atoms with van der Waals surface area (Å²) >= 11 is 0. The van der Waals surface area contributed by atoms with E-state index in [2.05, 4.69) is 4.90 Å². The zero-order valence-electron chi connectivity index (χ0n) is 17.2. The number of furan rings is 2. The van der Waals surface area contributed by atoms with Crippen LogP contribution in [0.4, 0.5) is 0 Å². The number of carbonyl (C=O) groups is 2. The van der Waals surface area contributed by atoms with Crippen LogP contribution in [0.25, 0.3) is 0 Å². The smallest absolute Gasteiger partial charge is 0.289 e. The minimum absolute atomic E-state index is 0.0191. The Kier molecular flexibility index (Phi) is 6.44. The molecule has 0 N–H and O–H groups in total. The lowest BCUT2D eigenvalue weighted by atomic mass is 10.3. The molecular weight excluding hydrogens is 424 g/mol. The third-order valence-corrected chi connectivity index (χ3v) is 7.56. The molecule has 4 rings (SSSR count). The van der Waals surface area contributed by atoms with E-state index in [-0.39, 0.29) is 36.4 Å². The highest BCUT2D eigenvalue weighted by atomic mass is 32.2. The van der Waals surface area contributed by atoms with Crippen LogP contribution >= 0.6 is 0 Å². The van der Waals surface area contributed by atoms with Crippen LogP contribution in [0.5, 0.6) is 0 Å². The number of amides is 2. The molecular formula is C20H26N4O6S. The molecule has 10 nitrogen and oxygen atoms in total. The molecule has 2 aromatic rings. The van der Waals surface area contributed by atoms with E-state index in [1.54, 1.807) is 34.1 Å². The van der Waals surface area contributed by atoms with Crippen molar-refractivity contribution in [2.45, 2.75) is 0 Å². The van der Waals surface area contributed by atoms with Crippen LogP contribution in [0.1, 0.15) is 21.1 Å². The van der Waals surface area contributed by atoms with E-state index in [1.165, 1.54) is 16.8 Å². The van der Waals surface area contributed by atoms with Crippen LogP contribution in [-0.2, 0) is 10.0 Å². The van der Waals surface area contributed by atoms with Gasteiger partial charge in [0, 0.05) is 58.9 Å². The first-order chi connectivity index (χ1) is 14.9. The third-order valence-electron chi connectivity index (χ3n) is 5.71. The summed E-state index contributed by atoms with van der Waals surface area (Å²) in [4.78, 5) is 30.0. The van der Waals surface area contributed by atoms with E-state index in [0.29, 0.717) is 51.6 Å². The van der Waals surface area contributed by atoms with Crippen molar-refractivity contribution in [1.82, 2.24) is 19.0 Å². The molecule has 168 valence electrons. The molecule has 11 heteroatoms. The van der Waals surface area contributed by atoms with Gasteiger partial charge in [-0.1, -0.05) is 0 Å². The predicted molar refractivity (Wildman–Crippen MR) is 111 cm³/mol. The average molecular weight is 451 g/mol. The van der Waals surface area contributed by atoms with Crippen molar-refractivity contribution in [3.05, 3.63) is 48.3 Å². The number of hydrogen-bond acceptors (Lipinski definition) is 7. The van der Waals surface area contributed by atoms with Crippen molar-refractivity contribution in [3.8, 4) is 0 Å². The van der Waals surface area contributed by atoms with Gasteiger partial charge in [0.1, 0.15) is 0 Å². The summed E-state index contributed by atoms with van der Waals surface area (Å²) in [6.45, 7) is 3.96. The van der Waals surface area contributed by atoms with Crippen LogP contribution in [0, 0.1) is 0 Å². The summed E-state index contributed by atoms with van der Waals surface area (Å²) in [5.41, 5.74) is 0. The van der Waals surface area contributed by atoms with Crippen molar-refractivity contribution in [2.75, 3.05) is 64.7 Å². The Balaban J connectivity index is 1.21. The number of rotatable bonds is 6. The van der Waals surface area contributed by atoms with Crippen molar-refractivity contribution in [2.24, 2.45) is 0 Å². The van der Waals surface area contributed by atoms with E-state index < -0.39 is 10.0 Å². The zero-order valence-corrected chi connectivity index (χ0v) is 18.0. The standard InChI is InChI=1S/C20H26N4O6S/c25-19(17-3-1-14-29-17)22-7-5-21(6-8-22)13-16-31(27,28)24-11-9-23(10-12-24)20(26)18-4-2-15-30-18/h1-4,14-15H,5-13,16H2. The fourth-order valence-electron chi connectivity index (χ4n) is 3.83. The maximum atomic E-state index is 12.8. The summed E-state index contributed by atoms with van der Waals surface area (Å²) < 4.78 is 37.3. The monoisotopic (exact) mass is 450 g/mol. The van der Waals surface area contributed by atoms with Crippen LogP contribution in [0.2, 0.25) is 0 Å². The Morgan fingerprint density at radius 3 is 1.71 bits per heavy atom. The summed E-state index contributed by atoms with van der Waals surface area (Å²) in [7, 11) is -3.42. The molecule has 2 amide bonds. The number of piperazine rings is 2. The van der Waals surface area contributed by atoms with Crippen molar-refractivity contribution < 1.29 is 26.8 Å². The van der Waals surface area contributed by atoms with Crippen LogP contribution in [0.15, 0.2) is 45.6 Å². The topological polar surface area (TPSA) is 108 Å². The molecule has 0 unspecified atom stereocenters. The van der Waals surface area contributed by atoms with Gasteiger partial charge in [-0.2, -0.15) is 4.31 Å². The SMILES string of the molecule is O=C(c1ccco1)N1CCN(CCS(=O)(=O)N2CCN(C(=O)c3ccco3)CC2)CC1. The molecule has 0 bridgehead atoms. The second-order valence-electron chi connectivity index (χ2n) is 7.60. The highest BCUT2D eigenvalue weighted by Crippen LogP contribution is 2.14. The van der Waals surface area contributed by atoms with Gasteiger partial charge in [-0.25, -0.2) is 8.42 Å². The first-order valence-corrected chi connectivity index (χ1v) is 11.9. The first kappa shape index (κ1) is 21.6. The molecule has 0 atom stereocenters. The Morgan fingerprint density at radius 2 is 1.26 bits per heavy atom. The summed E-state index contributed by atoms with van der Waals surface area (Å²) in [5, 5.41) is 0. The molecule has 2 saturated heterocycles. The van der Waals surface area contributed by atoms with Gasteiger partial charge >= 0.3 is 0 Å². The number of hydrogen-bond donors (Lipinski definition) is 0. The van der Waals surface area contributed by atoms with E-state index in [4.69, 9.17) is 8.83 Å². The van der Waals surface area contributed by atoms with Crippen LogP contribution < -0.4 is 0 Å². The normalized spacial score (nSPS) is 19.0. The molecule has 2 aliphatic rings. The van der Waals surface area contributed by atoms with Gasteiger partial charge in [-0.15, -0.1) is 0 Å². The highest BCUT2D eigenvalue weighted by Gasteiger charge is 2.31. The van der Waals surface area contributed by atoms with Crippen molar-refractivity contribution in [3.63, 3.8) is 0 Å². The minimum Gasteiger partial charge on any atom is -0.459 e. The van der Waals surface area contributed by atoms with Gasteiger partial charge in [0.2, 0.25) is 10.0 Å². The van der Waals surface area contributed by atoms with Crippen LogP contribution in [-0.4, -0.2) is 104 Å². The molecule has 0 spiro atoms.